The molecular formula is C14H22N2O3. The molecule has 5 heteroatoms. The molecule has 0 saturated carbocycles. The molecule has 0 aliphatic heterocycles. The Morgan fingerprint density at radius 1 is 1.47 bits per heavy atom. The number of aliphatic hydroxyl groups is 1. The molecule has 0 unspecified atom stereocenters. The van der Waals surface area contributed by atoms with Gasteiger partial charge in [-0.05, 0) is 12.0 Å². The Balaban J connectivity index is 3.00. The third-order valence-electron chi connectivity index (χ3n) is 2.69. The molecule has 19 heavy (non-hydrogen) atoms. The SMILES string of the molecule is CC(C)c1ncc(C(=O)N(C)C)cc1COCCO. The average Bonchev–Trinajstić information content (AvgIpc) is 2.37. The highest BCUT2D eigenvalue weighted by Crippen LogP contribution is 2.19. The van der Waals surface area contributed by atoms with Crippen molar-refractivity contribution in [2.24, 2.45) is 0 Å². The minimum atomic E-state index is -0.0776. The summed E-state index contributed by atoms with van der Waals surface area (Å²) in [7, 11) is 3.42. The van der Waals surface area contributed by atoms with Gasteiger partial charge in [0.1, 0.15) is 0 Å². The molecule has 1 heterocycles. The van der Waals surface area contributed by atoms with Gasteiger partial charge in [0.25, 0.3) is 5.91 Å². The van der Waals surface area contributed by atoms with Crippen LogP contribution in [0.25, 0.3) is 0 Å². The molecule has 106 valence electrons. The molecule has 1 amide bonds. The molecule has 1 aromatic rings. The van der Waals surface area contributed by atoms with Gasteiger partial charge in [0, 0.05) is 31.5 Å². The van der Waals surface area contributed by atoms with Crippen molar-refractivity contribution >= 4 is 5.91 Å². The summed E-state index contributed by atoms with van der Waals surface area (Å²) in [4.78, 5) is 17.8. The van der Waals surface area contributed by atoms with Crippen LogP contribution in [0.5, 0.6) is 0 Å². The van der Waals surface area contributed by atoms with Crippen LogP contribution in [0.2, 0.25) is 0 Å². The van der Waals surface area contributed by atoms with Crippen molar-refractivity contribution < 1.29 is 14.6 Å². The largest absolute Gasteiger partial charge is 0.394 e. The minimum absolute atomic E-state index is 0.0131. The quantitative estimate of drug-likeness (QED) is 0.791. The molecule has 0 aromatic carbocycles. The molecule has 0 atom stereocenters. The first-order chi connectivity index (χ1) is 8.97. The van der Waals surface area contributed by atoms with Crippen LogP contribution in [0.4, 0.5) is 0 Å². The number of aliphatic hydroxyl groups excluding tert-OH is 1. The van der Waals surface area contributed by atoms with Crippen molar-refractivity contribution in [3.8, 4) is 0 Å². The van der Waals surface area contributed by atoms with E-state index >= 15 is 0 Å². The molecule has 0 spiro atoms. The van der Waals surface area contributed by atoms with Crippen molar-refractivity contribution in [1.82, 2.24) is 9.88 Å². The predicted molar refractivity (Wildman–Crippen MR) is 73.1 cm³/mol. The van der Waals surface area contributed by atoms with Crippen LogP contribution >= 0.6 is 0 Å². The zero-order valence-corrected chi connectivity index (χ0v) is 12.0. The number of pyridine rings is 1. The summed E-state index contributed by atoms with van der Waals surface area (Å²) in [5.74, 6) is 0.183. The highest BCUT2D eigenvalue weighted by molar-refractivity contribution is 5.93. The molecule has 0 aliphatic carbocycles. The Labute approximate surface area is 114 Å². The van der Waals surface area contributed by atoms with E-state index < -0.39 is 0 Å². The molecule has 1 aromatic heterocycles. The Kier molecular flexibility index (Phi) is 5.92. The van der Waals surface area contributed by atoms with Crippen molar-refractivity contribution in [1.29, 1.82) is 0 Å². The summed E-state index contributed by atoms with van der Waals surface area (Å²) in [6, 6.07) is 1.82. The number of rotatable bonds is 6. The number of carbonyl (C=O) groups is 1. The first-order valence-electron chi connectivity index (χ1n) is 6.36. The third-order valence-corrected chi connectivity index (χ3v) is 2.69. The summed E-state index contributed by atoms with van der Waals surface area (Å²) in [5, 5.41) is 8.74. The lowest BCUT2D eigenvalue weighted by Gasteiger charge is -2.15. The van der Waals surface area contributed by atoms with Crippen LogP contribution in [-0.2, 0) is 11.3 Å². The number of hydrogen-bond donors (Lipinski definition) is 1. The summed E-state index contributed by atoms with van der Waals surface area (Å²) in [6.45, 7) is 4.72. The molecule has 0 radical (unpaired) electrons. The van der Waals surface area contributed by atoms with Crippen LogP contribution in [0.3, 0.4) is 0 Å². The van der Waals surface area contributed by atoms with E-state index in [0.717, 1.165) is 11.3 Å². The van der Waals surface area contributed by atoms with E-state index in [9.17, 15) is 4.79 Å². The first-order valence-corrected chi connectivity index (χ1v) is 6.36. The molecule has 0 fully saturated rings. The summed E-state index contributed by atoms with van der Waals surface area (Å²) >= 11 is 0. The third kappa shape index (κ3) is 4.29. The lowest BCUT2D eigenvalue weighted by Crippen LogP contribution is -2.22. The standard InChI is InChI=1S/C14H22N2O3/c1-10(2)13-12(9-19-6-5-17)7-11(8-15-13)14(18)16(3)4/h7-8,10,17H,5-6,9H2,1-4H3. The maximum atomic E-state index is 11.9. The van der Waals surface area contributed by atoms with E-state index in [4.69, 9.17) is 9.84 Å². The van der Waals surface area contributed by atoms with Gasteiger partial charge in [-0.2, -0.15) is 0 Å². The Hall–Kier alpha value is -1.46. The predicted octanol–water partition coefficient (Wildman–Crippen LogP) is 1.42. The van der Waals surface area contributed by atoms with Crippen molar-refractivity contribution in [2.75, 3.05) is 27.3 Å². The van der Waals surface area contributed by atoms with Crippen molar-refractivity contribution in [3.05, 3.63) is 29.1 Å². The van der Waals surface area contributed by atoms with Gasteiger partial charge >= 0.3 is 0 Å². The molecule has 0 aliphatic rings. The zero-order chi connectivity index (χ0) is 14.4. The second-order valence-corrected chi connectivity index (χ2v) is 4.90. The van der Waals surface area contributed by atoms with Crippen molar-refractivity contribution in [2.45, 2.75) is 26.4 Å². The van der Waals surface area contributed by atoms with E-state index in [0.29, 0.717) is 12.2 Å². The summed E-state index contributed by atoms with van der Waals surface area (Å²) in [6.07, 6.45) is 1.60. The van der Waals surface area contributed by atoms with Crippen molar-refractivity contribution in [3.63, 3.8) is 0 Å². The van der Waals surface area contributed by atoms with Gasteiger partial charge in [-0.1, -0.05) is 13.8 Å². The normalized spacial score (nSPS) is 10.8. The number of ether oxygens (including phenoxy) is 1. The average molecular weight is 266 g/mol. The Morgan fingerprint density at radius 2 is 2.16 bits per heavy atom. The fraction of sp³-hybridized carbons (Fsp3) is 0.571. The monoisotopic (exact) mass is 266 g/mol. The summed E-state index contributed by atoms with van der Waals surface area (Å²) in [5.41, 5.74) is 2.38. The lowest BCUT2D eigenvalue weighted by molar-refractivity contribution is 0.0798. The van der Waals surface area contributed by atoms with Gasteiger partial charge in [-0.15, -0.1) is 0 Å². The van der Waals surface area contributed by atoms with Crippen LogP contribution in [0.15, 0.2) is 12.3 Å². The molecule has 0 bridgehead atoms. The van der Waals surface area contributed by atoms with E-state index in [-0.39, 0.29) is 25.0 Å². The van der Waals surface area contributed by atoms with Crippen LogP contribution in [0, 0.1) is 0 Å². The number of amides is 1. The maximum absolute atomic E-state index is 11.9. The maximum Gasteiger partial charge on any atom is 0.254 e. The number of aromatic nitrogens is 1. The first kappa shape index (κ1) is 15.6. The Morgan fingerprint density at radius 3 is 2.68 bits per heavy atom. The van der Waals surface area contributed by atoms with E-state index in [1.165, 1.54) is 4.90 Å². The molecule has 1 rings (SSSR count). The number of carbonyl (C=O) groups excluding carboxylic acids is 1. The second-order valence-electron chi connectivity index (χ2n) is 4.90. The zero-order valence-electron chi connectivity index (χ0n) is 12.0. The van der Waals surface area contributed by atoms with E-state index in [1.807, 2.05) is 19.9 Å². The fourth-order valence-corrected chi connectivity index (χ4v) is 1.78. The molecular weight excluding hydrogens is 244 g/mol. The van der Waals surface area contributed by atoms with Gasteiger partial charge in [0.2, 0.25) is 0 Å². The van der Waals surface area contributed by atoms with Gasteiger partial charge in [-0.3, -0.25) is 9.78 Å². The highest BCUT2D eigenvalue weighted by Gasteiger charge is 2.14. The van der Waals surface area contributed by atoms with Crippen LogP contribution in [-0.4, -0.2) is 48.2 Å². The van der Waals surface area contributed by atoms with Gasteiger partial charge in [-0.25, -0.2) is 0 Å². The van der Waals surface area contributed by atoms with E-state index in [1.54, 1.807) is 20.3 Å². The smallest absolute Gasteiger partial charge is 0.254 e. The lowest BCUT2D eigenvalue weighted by atomic mass is 10.0. The van der Waals surface area contributed by atoms with Crippen LogP contribution < -0.4 is 0 Å². The topological polar surface area (TPSA) is 62.7 Å². The second kappa shape index (κ2) is 7.21. The van der Waals surface area contributed by atoms with E-state index in [2.05, 4.69) is 4.98 Å². The number of hydrogen-bond acceptors (Lipinski definition) is 4. The van der Waals surface area contributed by atoms with Gasteiger partial charge in [0.05, 0.1) is 25.4 Å². The molecule has 1 N–H and O–H groups in total. The van der Waals surface area contributed by atoms with Gasteiger partial charge in [0.15, 0.2) is 0 Å². The molecule has 0 saturated heterocycles. The fourth-order valence-electron chi connectivity index (χ4n) is 1.78. The van der Waals surface area contributed by atoms with Gasteiger partial charge < -0.3 is 14.7 Å². The summed E-state index contributed by atoms with van der Waals surface area (Å²) < 4.78 is 5.34. The van der Waals surface area contributed by atoms with Crippen LogP contribution in [0.1, 0.15) is 41.4 Å². The number of nitrogens with zero attached hydrogens (tertiary/aromatic N) is 2. The Bertz CT molecular complexity index is 431. The molecule has 5 nitrogen and oxygen atoms in total. The minimum Gasteiger partial charge on any atom is -0.394 e. The highest BCUT2D eigenvalue weighted by atomic mass is 16.5.